The van der Waals surface area contributed by atoms with Crippen LogP contribution >= 0.6 is 11.6 Å². The van der Waals surface area contributed by atoms with Gasteiger partial charge in [0, 0.05) is 34.0 Å². The van der Waals surface area contributed by atoms with Gasteiger partial charge in [-0.3, -0.25) is 4.98 Å². The Balaban J connectivity index is 2.15. The largest absolute Gasteiger partial charge is 0.398 e. The SMILES string of the molecule is Cc1cc2c(Nc3ccccc3Cl)ccc(N)c2cn1. The zero-order valence-electron chi connectivity index (χ0n) is 11.0. The number of pyridine rings is 1. The van der Waals surface area contributed by atoms with Crippen LogP contribution in [-0.2, 0) is 0 Å². The van der Waals surface area contributed by atoms with Gasteiger partial charge in [0.05, 0.1) is 10.7 Å². The third-order valence-corrected chi connectivity index (χ3v) is 3.54. The Bertz CT molecular complexity index is 784. The summed E-state index contributed by atoms with van der Waals surface area (Å²) >= 11 is 6.19. The van der Waals surface area contributed by atoms with Crippen molar-refractivity contribution in [3.8, 4) is 0 Å². The van der Waals surface area contributed by atoms with Gasteiger partial charge < -0.3 is 11.1 Å². The minimum Gasteiger partial charge on any atom is -0.398 e. The zero-order chi connectivity index (χ0) is 14.1. The highest BCUT2D eigenvalue weighted by Gasteiger charge is 2.07. The van der Waals surface area contributed by atoms with Crippen molar-refractivity contribution in [2.45, 2.75) is 6.92 Å². The van der Waals surface area contributed by atoms with Crippen molar-refractivity contribution in [2.75, 3.05) is 11.1 Å². The van der Waals surface area contributed by atoms with E-state index in [9.17, 15) is 0 Å². The fraction of sp³-hybridized carbons (Fsp3) is 0.0625. The number of para-hydroxylation sites is 1. The first kappa shape index (κ1) is 12.8. The summed E-state index contributed by atoms with van der Waals surface area (Å²) in [5.41, 5.74) is 9.51. The van der Waals surface area contributed by atoms with Gasteiger partial charge in [0.25, 0.3) is 0 Å². The quantitative estimate of drug-likeness (QED) is 0.680. The predicted molar refractivity (Wildman–Crippen MR) is 85.6 cm³/mol. The molecule has 0 aliphatic carbocycles. The van der Waals surface area contributed by atoms with Crippen molar-refractivity contribution in [1.82, 2.24) is 4.98 Å². The lowest BCUT2D eigenvalue weighted by molar-refractivity contribution is 1.22. The van der Waals surface area contributed by atoms with Crippen LogP contribution < -0.4 is 11.1 Å². The Morgan fingerprint density at radius 2 is 1.85 bits per heavy atom. The zero-order valence-corrected chi connectivity index (χ0v) is 11.8. The lowest BCUT2D eigenvalue weighted by Crippen LogP contribution is -1.96. The topological polar surface area (TPSA) is 50.9 Å². The highest BCUT2D eigenvalue weighted by atomic mass is 35.5. The van der Waals surface area contributed by atoms with E-state index in [1.807, 2.05) is 49.4 Å². The summed E-state index contributed by atoms with van der Waals surface area (Å²) in [5.74, 6) is 0. The van der Waals surface area contributed by atoms with Crippen molar-refractivity contribution in [3.63, 3.8) is 0 Å². The minimum absolute atomic E-state index is 0.684. The van der Waals surface area contributed by atoms with E-state index in [1.54, 1.807) is 6.20 Å². The van der Waals surface area contributed by atoms with E-state index in [1.165, 1.54) is 0 Å². The van der Waals surface area contributed by atoms with Crippen LogP contribution in [0.4, 0.5) is 17.1 Å². The molecular weight excluding hydrogens is 270 g/mol. The molecule has 0 radical (unpaired) electrons. The van der Waals surface area contributed by atoms with Crippen molar-refractivity contribution < 1.29 is 0 Å². The first-order chi connectivity index (χ1) is 9.65. The van der Waals surface area contributed by atoms with Gasteiger partial charge in [0.15, 0.2) is 0 Å². The van der Waals surface area contributed by atoms with Crippen LogP contribution in [0.15, 0.2) is 48.7 Å². The highest BCUT2D eigenvalue weighted by Crippen LogP contribution is 2.32. The Hall–Kier alpha value is -2.26. The van der Waals surface area contributed by atoms with E-state index in [-0.39, 0.29) is 0 Å². The fourth-order valence-electron chi connectivity index (χ4n) is 2.18. The second-order valence-corrected chi connectivity index (χ2v) is 5.09. The molecule has 0 unspecified atom stereocenters. The summed E-state index contributed by atoms with van der Waals surface area (Å²) in [6.45, 7) is 1.96. The first-order valence-electron chi connectivity index (χ1n) is 6.31. The molecule has 20 heavy (non-hydrogen) atoms. The molecule has 0 saturated heterocycles. The third kappa shape index (κ3) is 2.28. The number of nitrogens with two attached hydrogens (primary N) is 1. The van der Waals surface area contributed by atoms with Crippen LogP contribution in [0.2, 0.25) is 5.02 Å². The Kier molecular flexibility index (Phi) is 3.20. The molecule has 0 atom stereocenters. The van der Waals surface area contributed by atoms with Crippen LogP contribution in [0.5, 0.6) is 0 Å². The van der Waals surface area contributed by atoms with Gasteiger partial charge >= 0.3 is 0 Å². The van der Waals surface area contributed by atoms with E-state index in [4.69, 9.17) is 17.3 Å². The molecule has 3 aromatic rings. The fourth-order valence-corrected chi connectivity index (χ4v) is 2.37. The van der Waals surface area contributed by atoms with E-state index >= 15 is 0 Å². The summed E-state index contributed by atoms with van der Waals surface area (Å²) in [6.07, 6.45) is 1.80. The Labute approximate surface area is 122 Å². The molecule has 1 heterocycles. The standard InChI is InChI=1S/C16H14ClN3/c1-10-8-11-12(9-19-10)14(18)6-7-15(11)20-16-5-3-2-4-13(16)17/h2-9,20H,18H2,1H3. The van der Waals surface area contributed by atoms with Gasteiger partial charge in [-0.15, -0.1) is 0 Å². The molecule has 1 aromatic heterocycles. The number of nitrogens with one attached hydrogen (secondary N) is 1. The van der Waals surface area contributed by atoms with Gasteiger partial charge in [-0.05, 0) is 37.3 Å². The van der Waals surface area contributed by atoms with Gasteiger partial charge in [-0.1, -0.05) is 23.7 Å². The molecule has 2 aromatic carbocycles. The van der Waals surface area contributed by atoms with Crippen LogP contribution in [0.3, 0.4) is 0 Å². The predicted octanol–water partition coefficient (Wildman–Crippen LogP) is 4.52. The molecule has 0 saturated carbocycles. The van der Waals surface area contributed by atoms with Crippen molar-refractivity contribution in [3.05, 3.63) is 59.4 Å². The second-order valence-electron chi connectivity index (χ2n) is 4.68. The number of anilines is 3. The molecule has 0 amide bonds. The van der Waals surface area contributed by atoms with E-state index in [0.29, 0.717) is 5.02 Å². The van der Waals surface area contributed by atoms with Gasteiger partial charge in [-0.25, -0.2) is 0 Å². The van der Waals surface area contributed by atoms with E-state index in [2.05, 4.69) is 10.3 Å². The van der Waals surface area contributed by atoms with Crippen LogP contribution in [-0.4, -0.2) is 4.98 Å². The number of aromatic nitrogens is 1. The Morgan fingerprint density at radius 3 is 2.65 bits per heavy atom. The molecule has 0 aliphatic rings. The van der Waals surface area contributed by atoms with Crippen molar-refractivity contribution in [1.29, 1.82) is 0 Å². The number of hydrogen-bond donors (Lipinski definition) is 2. The third-order valence-electron chi connectivity index (χ3n) is 3.21. The molecular formula is C16H14ClN3. The summed E-state index contributed by atoms with van der Waals surface area (Å²) in [5, 5.41) is 6.01. The number of rotatable bonds is 2. The normalized spacial score (nSPS) is 10.7. The monoisotopic (exact) mass is 283 g/mol. The van der Waals surface area contributed by atoms with Crippen LogP contribution in [0, 0.1) is 6.92 Å². The van der Waals surface area contributed by atoms with E-state index in [0.717, 1.165) is 33.5 Å². The van der Waals surface area contributed by atoms with E-state index < -0.39 is 0 Å². The number of hydrogen-bond acceptors (Lipinski definition) is 3. The average Bonchev–Trinajstić information content (AvgIpc) is 2.44. The number of aryl methyl sites for hydroxylation is 1. The number of nitrogen functional groups attached to an aromatic ring is 1. The molecule has 3 nitrogen and oxygen atoms in total. The van der Waals surface area contributed by atoms with Crippen LogP contribution in [0.25, 0.3) is 10.8 Å². The first-order valence-corrected chi connectivity index (χ1v) is 6.69. The molecule has 0 bridgehead atoms. The molecule has 100 valence electrons. The second kappa shape index (κ2) is 5.02. The number of nitrogens with zero attached hydrogens (tertiary/aromatic N) is 1. The molecule has 0 aliphatic heterocycles. The number of fused-ring (bicyclic) bond motifs is 1. The number of benzene rings is 2. The molecule has 3 rings (SSSR count). The highest BCUT2D eigenvalue weighted by molar-refractivity contribution is 6.33. The average molecular weight is 284 g/mol. The lowest BCUT2D eigenvalue weighted by Gasteiger charge is -2.12. The van der Waals surface area contributed by atoms with Gasteiger partial charge in [-0.2, -0.15) is 0 Å². The Morgan fingerprint density at radius 1 is 1.05 bits per heavy atom. The van der Waals surface area contributed by atoms with Crippen molar-refractivity contribution in [2.24, 2.45) is 0 Å². The number of halogens is 1. The summed E-state index contributed by atoms with van der Waals surface area (Å²) in [7, 11) is 0. The van der Waals surface area contributed by atoms with Crippen molar-refractivity contribution >= 4 is 39.4 Å². The molecule has 0 spiro atoms. The lowest BCUT2D eigenvalue weighted by atomic mass is 10.1. The molecule has 4 heteroatoms. The smallest absolute Gasteiger partial charge is 0.0640 e. The summed E-state index contributed by atoms with van der Waals surface area (Å²) in [4.78, 5) is 4.30. The van der Waals surface area contributed by atoms with Gasteiger partial charge in [0.1, 0.15) is 0 Å². The molecule has 0 fully saturated rings. The summed E-state index contributed by atoms with van der Waals surface area (Å²) < 4.78 is 0. The molecule has 3 N–H and O–H groups in total. The van der Waals surface area contributed by atoms with Crippen LogP contribution in [0.1, 0.15) is 5.69 Å². The minimum atomic E-state index is 0.684. The summed E-state index contributed by atoms with van der Waals surface area (Å²) in [6, 6.07) is 13.5. The maximum Gasteiger partial charge on any atom is 0.0640 e. The maximum atomic E-state index is 6.19. The maximum absolute atomic E-state index is 6.19. The van der Waals surface area contributed by atoms with Gasteiger partial charge in [0.2, 0.25) is 0 Å².